The number of benzene rings is 2. The molecule has 0 unspecified atom stereocenters. The average molecular weight is 437 g/mol. The number of nitrogens with one attached hydrogen (secondary N) is 1. The lowest BCUT2D eigenvalue weighted by Crippen LogP contribution is -2.31. The number of amides is 1. The third kappa shape index (κ3) is 3.78. The number of aromatic nitrogens is 2. The Hall–Kier alpha value is -3.52. The number of nitrogens with zero attached hydrogens (tertiary/aromatic N) is 2. The molecule has 0 radical (unpaired) electrons. The van der Waals surface area contributed by atoms with Crippen LogP contribution in [0.25, 0.3) is 11.3 Å². The van der Waals surface area contributed by atoms with Crippen LogP contribution < -0.4 is 4.74 Å². The first-order valence-corrected chi connectivity index (χ1v) is 10.6. The molecule has 0 spiro atoms. The minimum absolute atomic E-state index is 0.0369. The molecule has 0 fully saturated rings. The fourth-order valence-corrected chi connectivity index (χ4v) is 4.17. The second kappa shape index (κ2) is 8.92. The van der Waals surface area contributed by atoms with E-state index in [-0.39, 0.29) is 17.4 Å². The van der Waals surface area contributed by atoms with Gasteiger partial charge in [0.05, 0.1) is 12.6 Å². The summed E-state index contributed by atoms with van der Waals surface area (Å²) in [6.45, 7) is 5.17. The van der Waals surface area contributed by atoms with Crippen LogP contribution in [0.2, 0.25) is 0 Å². The van der Waals surface area contributed by atoms with Crippen molar-refractivity contribution in [1.29, 1.82) is 0 Å². The van der Waals surface area contributed by atoms with Gasteiger partial charge in [-0.05, 0) is 50.1 Å². The SMILES string of the molecule is CCOc1cc([C@H]2c3c(-c4cc(C)ccc4O)n[nH]c3C(=O)N2CCCOC)ccc1O. The highest BCUT2D eigenvalue weighted by Gasteiger charge is 2.42. The minimum Gasteiger partial charge on any atom is -0.507 e. The van der Waals surface area contributed by atoms with Gasteiger partial charge in [0, 0.05) is 31.4 Å². The Morgan fingerprint density at radius 3 is 2.69 bits per heavy atom. The van der Waals surface area contributed by atoms with Crippen LogP contribution in [0.5, 0.6) is 17.2 Å². The monoisotopic (exact) mass is 437 g/mol. The molecule has 32 heavy (non-hydrogen) atoms. The van der Waals surface area contributed by atoms with Crippen molar-refractivity contribution >= 4 is 5.91 Å². The van der Waals surface area contributed by atoms with Crippen LogP contribution in [0.15, 0.2) is 36.4 Å². The first-order chi connectivity index (χ1) is 15.5. The highest BCUT2D eigenvalue weighted by atomic mass is 16.5. The van der Waals surface area contributed by atoms with E-state index in [2.05, 4.69) is 10.2 Å². The molecular formula is C24H27N3O5. The van der Waals surface area contributed by atoms with E-state index in [1.54, 1.807) is 36.3 Å². The van der Waals surface area contributed by atoms with Gasteiger partial charge in [-0.1, -0.05) is 17.7 Å². The predicted octanol–water partition coefficient (Wildman–Crippen LogP) is 3.78. The molecule has 1 aliphatic heterocycles. The normalized spacial score (nSPS) is 15.3. The summed E-state index contributed by atoms with van der Waals surface area (Å²) in [6.07, 6.45) is 0.665. The molecule has 3 aromatic rings. The maximum atomic E-state index is 13.3. The average Bonchev–Trinajstić information content (AvgIpc) is 3.31. The third-order valence-electron chi connectivity index (χ3n) is 5.62. The third-order valence-corrected chi connectivity index (χ3v) is 5.62. The second-order valence-corrected chi connectivity index (χ2v) is 7.79. The zero-order valence-corrected chi connectivity index (χ0v) is 18.4. The number of hydrogen-bond acceptors (Lipinski definition) is 6. The van der Waals surface area contributed by atoms with Gasteiger partial charge in [-0.25, -0.2) is 0 Å². The number of hydrogen-bond donors (Lipinski definition) is 3. The van der Waals surface area contributed by atoms with E-state index in [0.29, 0.717) is 54.4 Å². The molecule has 0 saturated carbocycles. The van der Waals surface area contributed by atoms with Crippen LogP contribution >= 0.6 is 0 Å². The van der Waals surface area contributed by atoms with E-state index < -0.39 is 6.04 Å². The number of rotatable bonds is 8. The van der Waals surface area contributed by atoms with Gasteiger partial charge in [-0.3, -0.25) is 9.89 Å². The number of aryl methyl sites for hydroxylation is 1. The van der Waals surface area contributed by atoms with Crippen molar-refractivity contribution in [2.45, 2.75) is 26.3 Å². The lowest BCUT2D eigenvalue weighted by molar-refractivity contribution is 0.0723. The van der Waals surface area contributed by atoms with E-state index in [4.69, 9.17) is 9.47 Å². The number of phenolic OH excluding ortho intramolecular Hbond substituents is 2. The van der Waals surface area contributed by atoms with Crippen LogP contribution in [0.1, 0.15) is 46.6 Å². The van der Waals surface area contributed by atoms with Gasteiger partial charge in [-0.15, -0.1) is 0 Å². The molecule has 2 heterocycles. The molecule has 1 aliphatic rings. The minimum atomic E-state index is -0.456. The highest BCUT2D eigenvalue weighted by Crippen LogP contribution is 2.45. The van der Waals surface area contributed by atoms with Gasteiger partial charge in [0.1, 0.15) is 17.1 Å². The van der Waals surface area contributed by atoms with Crippen molar-refractivity contribution in [3.63, 3.8) is 0 Å². The van der Waals surface area contributed by atoms with Crippen molar-refractivity contribution in [3.8, 4) is 28.5 Å². The van der Waals surface area contributed by atoms with E-state index in [0.717, 1.165) is 11.1 Å². The van der Waals surface area contributed by atoms with E-state index in [1.807, 2.05) is 26.0 Å². The molecule has 0 saturated heterocycles. The zero-order chi connectivity index (χ0) is 22.8. The fourth-order valence-electron chi connectivity index (χ4n) is 4.17. The number of carbonyl (C=O) groups is 1. The molecule has 168 valence electrons. The van der Waals surface area contributed by atoms with Crippen LogP contribution in [0, 0.1) is 6.92 Å². The molecule has 3 N–H and O–H groups in total. The number of aromatic amines is 1. The summed E-state index contributed by atoms with van der Waals surface area (Å²) in [6, 6.07) is 9.94. The Morgan fingerprint density at radius 1 is 1.16 bits per heavy atom. The highest BCUT2D eigenvalue weighted by molar-refractivity contribution is 6.00. The molecule has 1 atom stereocenters. The summed E-state index contributed by atoms with van der Waals surface area (Å²) in [5, 5.41) is 28.0. The van der Waals surface area contributed by atoms with Gasteiger partial charge in [0.25, 0.3) is 5.91 Å². The van der Waals surface area contributed by atoms with E-state index >= 15 is 0 Å². The summed E-state index contributed by atoms with van der Waals surface area (Å²) in [4.78, 5) is 15.1. The van der Waals surface area contributed by atoms with Crippen molar-refractivity contribution in [3.05, 3.63) is 58.8 Å². The predicted molar refractivity (Wildman–Crippen MR) is 119 cm³/mol. The molecule has 0 aliphatic carbocycles. The lowest BCUT2D eigenvalue weighted by Gasteiger charge is -2.27. The quantitative estimate of drug-likeness (QED) is 0.463. The first-order valence-electron chi connectivity index (χ1n) is 10.6. The second-order valence-electron chi connectivity index (χ2n) is 7.79. The molecule has 1 amide bonds. The first kappa shape index (κ1) is 21.7. The molecule has 8 heteroatoms. The molecule has 8 nitrogen and oxygen atoms in total. The fraction of sp³-hybridized carbons (Fsp3) is 0.333. The number of phenols is 2. The van der Waals surface area contributed by atoms with Crippen molar-refractivity contribution < 1.29 is 24.5 Å². The molecule has 0 bridgehead atoms. The number of ether oxygens (including phenoxy) is 2. The summed E-state index contributed by atoms with van der Waals surface area (Å²) >= 11 is 0. The number of aromatic hydroxyl groups is 2. The topological polar surface area (TPSA) is 108 Å². The maximum Gasteiger partial charge on any atom is 0.273 e. The van der Waals surface area contributed by atoms with E-state index in [1.165, 1.54) is 0 Å². The number of H-pyrrole nitrogens is 1. The molecule has 1 aromatic heterocycles. The van der Waals surface area contributed by atoms with Gasteiger partial charge in [0.2, 0.25) is 0 Å². The van der Waals surface area contributed by atoms with Gasteiger partial charge in [0.15, 0.2) is 11.5 Å². The summed E-state index contributed by atoms with van der Waals surface area (Å²) < 4.78 is 10.8. The van der Waals surface area contributed by atoms with Crippen LogP contribution in [0.4, 0.5) is 0 Å². The van der Waals surface area contributed by atoms with Gasteiger partial charge >= 0.3 is 0 Å². The Labute approximate surface area is 186 Å². The van der Waals surface area contributed by atoms with Gasteiger partial charge in [-0.2, -0.15) is 5.10 Å². The Bertz CT molecular complexity index is 1140. The number of methoxy groups -OCH3 is 1. The maximum absolute atomic E-state index is 13.3. The van der Waals surface area contributed by atoms with Crippen LogP contribution in [0.3, 0.4) is 0 Å². The Balaban J connectivity index is 1.87. The van der Waals surface area contributed by atoms with Crippen LogP contribution in [-0.2, 0) is 4.74 Å². The van der Waals surface area contributed by atoms with Crippen molar-refractivity contribution in [1.82, 2.24) is 15.1 Å². The smallest absolute Gasteiger partial charge is 0.273 e. The Kier molecular flexibility index (Phi) is 6.05. The summed E-state index contributed by atoms with van der Waals surface area (Å²) in [5.74, 6) is 0.314. The van der Waals surface area contributed by atoms with E-state index in [9.17, 15) is 15.0 Å². The van der Waals surface area contributed by atoms with Gasteiger partial charge < -0.3 is 24.6 Å². The molecular weight excluding hydrogens is 410 g/mol. The largest absolute Gasteiger partial charge is 0.507 e. The summed E-state index contributed by atoms with van der Waals surface area (Å²) in [7, 11) is 1.63. The Morgan fingerprint density at radius 2 is 1.94 bits per heavy atom. The number of fused-ring (bicyclic) bond motifs is 1. The molecule has 4 rings (SSSR count). The van der Waals surface area contributed by atoms with Crippen molar-refractivity contribution in [2.24, 2.45) is 0 Å². The standard InChI is InChI=1S/C24H27N3O5/c1-4-32-19-13-15(7-9-18(19)29)23-20-21(16-12-14(2)6-8-17(16)28)25-26-22(20)24(30)27(23)10-5-11-31-3/h6-9,12-13,23,28-29H,4-5,10-11H2,1-3H3,(H,25,26)/t23-/m0/s1. The summed E-state index contributed by atoms with van der Waals surface area (Å²) in [5.41, 5.74) is 3.93. The number of carbonyl (C=O) groups excluding carboxylic acids is 1. The van der Waals surface area contributed by atoms with Crippen molar-refractivity contribution in [2.75, 3.05) is 26.9 Å². The van der Waals surface area contributed by atoms with Crippen LogP contribution in [-0.4, -0.2) is 58.1 Å². The zero-order valence-electron chi connectivity index (χ0n) is 18.4. The molecule has 2 aromatic carbocycles. The lowest BCUT2D eigenvalue weighted by atomic mass is 9.94.